The van der Waals surface area contributed by atoms with Gasteiger partial charge in [-0.2, -0.15) is 5.26 Å². The van der Waals surface area contributed by atoms with Gasteiger partial charge in [0, 0.05) is 11.8 Å². The van der Waals surface area contributed by atoms with E-state index in [1.807, 2.05) is 13.8 Å². The van der Waals surface area contributed by atoms with E-state index in [2.05, 4.69) is 17.9 Å². The number of rotatable bonds is 5. The molecule has 0 aliphatic carbocycles. The number of hydrogen-bond donors (Lipinski definition) is 0. The second kappa shape index (κ2) is 9.89. The van der Waals surface area contributed by atoms with E-state index in [1.165, 1.54) is 0 Å². The van der Waals surface area contributed by atoms with Crippen LogP contribution in [0.5, 0.6) is 5.75 Å². The molecule has 0 saturated heterocycles. The fourth-order valence-electron chi connectivity index (χ4n) is 2.84. The quantitative estimate of drug-likeness (QED) is 0.497. The molecule has 0 N–H and O–H groups in total. The van der Waals surface area contributed by atoms with Crippen molar-refractivity contribution in [1.82, 2.24) is 0 Å². The molecule has 168 valence electrons. The second-order valence-corrected chi connectivity index (χ2v) is 10.6. The number of nitrogens with zero attached hydrogens (tertiary/aromatic N) is 1. The minimum Gasteiger partial charge on any atom is -0.481 e. The van der Waals surface area contributed by atoms with Crippen LogP contribution in [0.1, 0.15) is 62.8 Å². The normalized spacial score (nSPS) is 11.3. The lowest BCUT2D eigenvalue weighted by Crippen LogP contribution is -2.27. The molecule has 7 heteroatoms. The molecule has 0 heterocycles. The molecule has 0 bridgehead atoms. The van der Waals surface area contributed by atoms with E-state index in [4.69, 9.17) is 9.47 Å². The Morgan fingerprint density at radius 1 is 1.06 bits per heavy atom. The summed E-state index contributed by atoms with van der Waals surface area (Å²) >= 11 is 0. The monoisotopic (exact) mass is 453 g/mol. The average Bonchev–Trinajstić information content (AvgIpc) is 2.68. The first kappa shape index (κ1) is 25.0. The minimum absolute atomic E-state index is 0.126. The smallest absolute Gasteiger partial charge is 0.344 e. The summed E-state index contributed by atoms with van der Waals surface area (Å²) in [4.78, 5) is 12.2. The first-order valence-electron chi connectivity index (χ1n) is 10.0. The standard InChI is InChI=1S/C25H27NO5S/c1-17(2)22-11-10-21(32(6,28)29)14-19(22)8-9-20-13-18(15-26)7-12-23(20)30-16-24(27)31-25(3,4)5/h7,10-14,17H,16H2,1-6H3. The van der Waals surface area contributed by atoms with Crippen LogP contribution < -0.4 is 4.74 Å². The predicted molar refractivity (Wildman–Crippen MR) is 122 cm³/mol. The molecule has 0 amide bonds. The van der Waals surface area contributed by atoms with Crippen molar-refractivity contribution in [2.24, 2.45) is 0 Å². The SMILES string of the molecule is CC(C)c1ccc(S(C)(=O)=O)cc1C#Cc1cc(C#N)ccc1OCC(=O)OC(C)(C)C. The molecule has 2 aromatic carbocycles. The van der Waals surface area contributed by atoms with Gasteiger partial charge in [-0.15, -0.1) is 0 Å². The largest absolute Gasteiger partial charge is 0.481 e. The fraction of sp³-hybridized carbons (Fsp3) is 0.360. The van der Waals surface area contributed by atoms with Crippen molar-refractivity contribution >= 4 is 15.8 Å². The van der Waals surface area contributed by atoms with Crippen molar-refractivity contribution in [3.8, 4) is 23.7 Å². The first-order chi connectivity index (χ1) is 14.8. The minimum atomic E-state index is -3.39. The number of carbonyl (C=O) groups is 1. The Bertz CT molecular complexity index is 1220. The van der Waals surface area contributed by atoms with E-state index in [0.29, 0.717) is 22.4 Å². The second-order valence-electron chi connectivity index (χ2n) is 8.62. The van der Waals surface area contributed by atoms with Crippen LogP contribution in [0.25, 0.3) is 0 Å². The number of ether oxygens (including phenoxy) is 2. The summed E-state index contributed by atoms with van der Waals surface area (Å²) in [6, 6.07) is 11.6. The van der Waals surface area contributed by atoms with Crippen molar-refractivity contribution in [3.05, 3.63) is 58.7 Å². The molecular formula is C25H27NO5S. The molecule has 0 aliphatic heterocycles. The number of hydrogen-bond acceptors (Lipinski definition) is 6. The molecular weight excluding hydrogens is 426 g/mol. The predicted octanol–water partition coefficient (Wildman–Crippen LogP) is 4.21. The molecule has 0 aromatic heterocycles. The van der Waals surface area contributed by atoms with Crippen LogP contribution in [-0.2, 0) is 19.4 Å². The summed E-state index contributed by atoms with van der Waals surface area (Å²) < 4.78 is 34.8. The highest BCUT2D eigenvalue weighted by Gasteiger charge is 2.17. The lowest BCUT2D eigenvalue weighted by atomic mass is 9.97. The summed E-state index contributed by atoms with van der Waals surface area (Å²) in [5, 5.41) is 9.25. The zero-order valence-electron chi connectivity index (χ0n) is 19.1. The van der Waals surface area contributed by atoms with Crippen LogP contribution >= 0.6 is 0 Å². The summed E-state index contributed by atoms with van der Waals surface area (Å²) in [7, 11) is -3.39. The van der Waals surface area contributed by atoms with Crippen LogP contribution in [0.3, 0.4) is 0 Å². The molecule has 0 fully saturated rings. The number of carbonyl (C=O) groups excluding carboxylic acids is 1. The maximum absolute atomic E-state index is 12.0. The van der Waals surface area contributed by atoms with Gasteiger partial charge in [-0.3, -0.25) is 0 Å². The Labute approximate surface area is 190 Å². The van der Waals surface area contributed by atoms with Crippen LogP contribution in [0.15, 0.2) is 41.3 Å². The number of nitriles is 1. The van der Waals surface area contributed by atoms with E-state index < -0.39 is 21.4 Å². The van der Waals surface area contributed by atoms with Gasteiger partial charge in [-0.05, 0) is 62.6 Å². The maximum atomic E-state index is 12.0. The van der Waals surface area contributed by atoms with E-state index in [9.17, 15) is 18.5 Å². The molecule has 0 aliphatic rings. The van der Waals surface area contributed by atoms with Gasteiger partial charge in [0.2, 0.25) is 0 Å². The van der Waals surface area contributed by atoms with Crippen molar-refractivity contribution in [3.63, 3.8) is 0 Å². The van der Waals surface area contributed by atoms with Gasteiger partial charge in [0.25, 0.3) is 0 Å². The van der Waals surface area contributed by atoms with E-state index in [0.717, 1.165) is 11.8 Å². The molecule has 0 unspecified atom stereocenters. The number of sulfone groups is 1. The zero-order chi connectivity index (χ0) is 24.1. The third kappa shape index (κ3) is 7.14. The van der Waals surface area contributed by atoms with Crippen molar-refractivity contribution in [1.29, 1.82) is 5.26 Å². The molecule has 32 heavy (non-hydrogen) atoms. The fourth-order valence-corrected chi connectivity index (χ4v) is 3.49. The molecule has 0 saturated carbocycles. The molecule has 0 spiro atoms. The Morgan fingerprint density at radius 3 is 2.28 bits per heavy atom. The van der Waals surface area contributed by atoms with Crippen molar-refractivity contribution in [2.45, 2.75) is 51.0 Å². The van der Waals surface area contributed by atoms with Gasteiger partial charge < -0.3 is 9.47 Å². The van der Waals surface area contributed by atoms with Crippen LogP contribution in [0, 0.1) is 23.2 Å². The number of esters is 1. The summed E-state index contributed by atoms with van der Waals surface area (Å²) in [6.07, 6.45) is 1.15. The Balaban J connectivity index is 2.46. The Morgan fingerprint density at radius 2 is 1.72 bits per heavy atom. The summed E-state index contributed by atoms with van der Waals surface area (Å²) in [5.74, 6) is 5.93. The highest BCUT2D eigenvalue weighted by Crippen LogP contribution is 2.24. The lowest BCUT2D eigenvalue weighted by Gasteiger charge is -2.19. The van der Waals surface area contributed by atoms with Gasteiger partial charge in [-0.1, -0.05) is 31.8 Å². The van der Waals surface area contributed by atoms with E-state index >= 15 is 0 Å². The summed E-state index contributed by atoms with van der Waals surface area (Å²) in [5.41, 5.74) is 1.63. The van der Waals surface area contributed by atoms with Gasteiger partial charge in [0.05, 0.1) is 22.1 Å². The average molecular weight is 454 g/mol. The molecule has 0 radical (unpaired) electrons. The lowest BCUT2D eigenvalue weighted by molar-refractivity contribution is -0.157. The van der Waals surface area contributed by atoms with Crippen LogP contribution in [0.2, 0.25) is 0 Å². The van der Waals surface area contributed by atoms with Crippen LogP contribution in [0.4, 0.5) is 0 Å². The topological polar surface area (TPSA) is 93.5 Å². The first-order valence-corrected chi connectivity index (χ1v) is 11.9. The van der Waals surface area contributed by atoms with Gasteiger partial charge in [-0.25, -0.2) is 13.2 Å². The van der Waals surface area contributed by atoms with Gasteiger partial charge in [0.1, 0.15) is 11.4 Å². The van der Waals surface area contributed by atoms with Crippen molar-refractivity contribution in [2.75, 3.05) is 12.9 Å². The van der Waals surface area contributed by atoms with Gasteiger partial charge in [0.15, 0.2) is 16.4 Å². The molecule has 2 aromatic rings. The van der Waals surface area contributed by atoms with Crippen molar-refractivity contribution < 1.29 is 22.7 Å². The van der Waals surface area contributed by atoms with E-state index in [-0.39, 0.29) is 17.4 Å². The highest BCUT2D eigenvalue weighted by molar-refractivity contribution is 7.90. The van der Waals surface area contributed by atoms with E-state index in [1.54, 1.807) is 57.2 Å². The maximum Gasteiger partial charge on any atom is 0.344 e. The zero-order valence-corrected chi connectivity index (χ0v) is 20.0. The summed E-state index contributed by atoms with van der Waals surface area (Å²) in [6.45, 7) is 8.97. The van der Waals surface area contributed by atoms with Crippen LogP contribution in [-0.4, -0.2) is 32.9 Å². The highest BCUT2D eigenvalue weighted by atomic mass is 32.2. The Kier molecular flexibility index (Phi) is 7.72. The molecule has 0 atom stereocenters. The molecule has 6 nitrogen and oxygen atoms in total. The Hall–Kier alpha value is -3.29. The molecule has 2 rings (SSSR count). The third-order valence-electron chi connectivity index (χ3n) is 4.28. The number of benzene rings is 2. The van der Waals surface area contributed by atoms with Gasteiger partial charge >= 0.3 is 5.97 Å². The third-order valence-corrected chi connectivity index (χ3v) is 5.39.